The van der Waals surface area contributed by atoms with Crippen molar-refractivity contribution in [3.8, 4) is 5.75 Å². The highest BCUT2D eigenvalue weighted by atomic mass is 16.5. The average molecular weight is 274 g/mol. The fourth-order valence-corrected chi connectivity index (χ4v) is 1.68. The number of nitrogens with one attached hydrogen (secondary N) is 2. The second kappa shape index (κ2) is 6.60. The Morgan fingerprint density at radius 3 is 2.95 bits per heavy atom. The Morgan fingerprint density at radius 1 is 1.45 bits per heavy atom. The summed E-state index contributed by atoms with van der Waals surface area (Å²) in [6.45, 7) is 2.28. The maximum Gasteiger partial charge on any atom is 0.229 e. The summed E-state index contributed by atoms with van der Waals surface area (Å²) in [4.78, 5) is 11.7. The van der Waals surface area contributed by atoms with Gasteiger partial charge in [-0.25, -0.2) is 0 Å². The summed E-state index contributed by atoms with van der Waals surface area (Å²) >= 11 is 0. The third kappa shape index (κ3) is 3.74. The van der Waals surface area contributed by atoms with E-state index in [0.717, 1.165) is 12.1 Å². The smallest absolute Gasteiger partial charge is 0.229 e. The van der Waals surface area contributed by atoms with Gasteiger partial charge in [-0.05, 0) is 18.6 Å². The van der Waals surface area contributed by atoms with E-state index in [2.05, 4.69) is 15.5 Å². The van der Waals surface area contributed by atoms with Crippen LogP contribution in [0.4, 0.5) is 11.5 Å². The predicted octanol–water partition coefficient (Wildman–Crippen LogP) is 1.96. The number of nitrogen functional groups attached to an aromatic ring is 1. The Morgan fingerprint density at radius 2 is 2.25 bits per heavy atom. The molecule has 1 aromatic carbocycles. The lowest BCUT2D eigenvalue weighted by Gasteiger charge is -2.08. The second-order valence-electron chi connectivity index (χ2n) is 4.32. The van der Waals surface area contributed by atoms with Crippen LogP contribution in [-0.2, 0) is 11.2 Å². The minimum atomic E-state index is -0.145. The van der Waals surface area contributed by atoms with E-state index in [1.165, 1.54) is 0 Å². The Labute approximate surface area is 117 Å². The summed E-state index contributed by atoms with van der Waals surface area (Å²) in [5.74, 6) is 0.980. The molecule has 1 heterocycles. The number of anilines is 2. The van der Waals surface area contributed by atoms with Crippen molar-refractivity contribution in [1.29, 1.82) is 0 Å². The van der Waals surface area contributed by atoms with E-state index in [1.807, 2.05) is 25.1 Å². The molecule has 0 aliphatic carbocycles. The SMILES string of the molecule is CCc1cc(NC(=O)CCOc2ccccc2N)n[nH]1. The van der Waals surface area contributed by atoms with Crippen molar-refractivity contribution in [2.75, 3.05) is 17.7 Å². The lowest BCUT2D eigenvalue weighted by atomic mass is 10.3. The topological polar surface area (TPSA) is 93.0 Å². The molecule has 4 N–H and O–H groups in total. The summed E-state index contributed by atoms with van der Waals surface area (Å²) in [6.07, 6.45) is 1.09. The first-order chi connectivity index (χ1) is 9.69. The van der Waals surface area contributed by atoms with Gasteiger partial charge in [-0.1, -0.05) is 19.1 Å². The van der Waals surface area contributed by atoms with Crippen molar-refractivity contribution in [2.24, 2.45) is 0 Å². The summed E-state index contributed by atoms with van der Waals surface area (Å²) in [5, 5.41) is 9.53. The van der Waals surface area contributed by atoms with E-state index < -0.39 is 0 Å². The number of amides is 1. The molecule has 0 bridgehead atoms. The van der Waals surface area contributed by atoms with Crippen molar-refractivity contribution >= 4 is 17.4 Å². The van der Waals surface area contributed by atoms with Crippen molar-refractivity contribution in [2.45, 2.75) is 19.8 Å². The van der Waals surface area contributed by atoms with Gasteiger partial charge in [0.1, 0.15) is 5.75 Å². The molecule has 0 unspecified atom stereocenters. The number of benzene rings is 1. The molecule has 1 amide bonds. The van der Waals surface area contributed by atoms with Gasteiger partial charge in [-0.3, -0.25) is 9.89 Å². The van der Waals surface area contributed by atoms with Crippen LogP contribution in [0.3, 0.4) is 0 Å². The molecule has 106 valence electrons. The highest BCUT2D eigenvalue weighted by Gasteiger charge is 2.06. The molecule has 0 radical (unpaired) electrons. The molecule has 2 aromatic rings. The van der Waals surface area contributed by atoms with Crippen molar-refractivity contribution < 1.29 is 9.53 Å². The van der Waals surface area contributed by atoms with Crippen LogP contribution in [0.25, 0.3) is 0 Å². The van der Waals surface area contributed by atoms with Crippen molar-refractivity contribution in [3.63, 3.8) is 0 Å². The third-order valence-electron chi connectivity index (χ3n) is 2.79. The van der Waals surface area contributed by atoms with Crippen LogP contribution in [0.2, 0.25) is 0 Å². The maximum absolute atomic E-state index is 11.7. The van der Waals surface area contributed by atoms with Crippen molar-refractivity contribution in [1.82, 2.24) is 10.2 Å². The van der Waals surface area contributed by atoms with Crippen LogP contribution < -0.4 is 15.8 Å². The maximum atomic E-state index is 11.7. The number of aromatic nitrogens is 2. The number of nitrogens with zero attached hydrogens (tertiary/aromatic N) is 1. The van der Waals surface area contributed by atoms with Gasteiger partial charge in [-0.2, -0.15) is 5.10 Å². The number of hydrogen-bond acceptors (Lipinski definition) is 4. The minimum absolute atomic E-state index is 0.145. The normalized spacial score (nSPS) is 10.2. The summed E-state index contributed by atoms with van der Waals surface area (Å²) < 4.78 is 5.46. The van der Waals surface area contributed by atoms with E-state index >= 15 is 0 Å². The molecular formula is C14H18N4O2. The van der Waals surface area contributed by atoms with Crippen LogP contribution in [0.1, 0.15) is 19.0 Å². The molecule has 0 spiro atoms. The summed E-state index contributed by atoms with van der Waals surface area (Å²) in [7, 11) is 0. The molecule has 6 heteroatoms. The third-order valence-corrected chi connectivity index (χ3v) is 2.79. The van der Waals surface area contributed by atoms with Crippen LogP contribution >= 0.6 is 0 Å². The van der Waals surface area contributed by atoms with Crippen LogP contribution in [0.15, 0.2) is 30.3 Å². The molecule has 0 aliphatic heterocycles. The molecule has 0 atom stereocenters. The second-order valence-corrected chi connectivity index (χ2v) is 4.32. The number of nitrogens with two attached hydrogens (primary N) is 1. The van der Waals surface area contributed by atoms with Gasteiger partial charge in [0.25, 0.3) is 0 Å². The monoisotopic (exact) mass is 274 g/mol. The van der Waals surface area contributed by atoms with Gasteiger partial charge in [-0.15, -0.1) is 0 Å². The minimum Gasteiger partial charge on any atom is -0.491 e. The number of carbonyl (C=O) groups is 1. The molecule has 0 saturated heterocycles. The fraction of sp³-hybridized carbons (Fsp3) is 0.286. The summed E-state index contributed by atoms with van der Waals surface area (Å²) in [5.41, 5.74) is 7.28. The average Bonchev–Trinajstić information content (AvgIpc) is 2.88. The van der Waals surface area contributed by atoms with E-state index in [-0.39, 0.29) is 18.9 Å². The number of hydrogen-bond donors (Lipinski definition) is 3. The largest absolute Gasteiger partial charge is 0.491 e. The van der Waals surface area contributed by atoms with Gasteiger partial charge >= 0.3 is 0 Å². The molecular weight excluding hydrogens is 256 g/mol. The molecule has 0 saturated carbocycles. The highest BCUT2D eigenvalue weighted by molar-refractivity contribution is 5.89. The Kier molecular flexibility index (Phi) is 4.60. The lowest BCUT2D eigenvalue weighted by Crippen LogP contribution is -2.15. The highest BCUT2D eigenvalue weighted by Crippen LogP contribution is 2.19. The first-order valence-electron chi connectivity index (χ1n) is 6.50. The predicted molar refractivity (Wildman–Crippen MR) is 77.6 cm³/mol. The van der Waals surface area contributed by atoms with Gasteiger partial charge in [0, 0.05) is 11.8 Å². The molecule has 0 fully saturated rings. The number of aryl methyl sites for hydroxylation is 1. The lowest BCUT2D eigenvalue weighted by molar-refractivity contribution is -0.116. The quantitative estimate of drug-likeness (QED) is 0.702. The number of carbonyl (C=O) groups excluding carboxylic acids is 1. The van der Waals surface area contributed by atoms with E-state index in [0.29, 0.717) is 17.3 Å². The zero-order valence-electron chi connectivity index (χ0n) is 11.3. The summed E-state index contributed by atoms with van der Waals surface area (Å²) in [6, 6.07) is 9.01. The Balaban J connectivity index is 1.77. The van der Waals surface area contributed by atoms with Gasteiger partial charge in [0.05, 0.1) is 18.7 Å². The van der Waals surface area contributed by atoms with E-state index in [4.69, 9.17) is 10.5 Å². The number of H-pyrrole nitrogens is 1. The van der Waals surface area contributed by atoms with Crippen LogP contribution in [0.5, 0.6) is 5.75 Å². The van der Waals surface area contributed by atoms with E-state index in [9.17, 15) is 4.79 Å². The molecule has 0 aliphatic rings. The number of aromatic amines is 1. The molecule has 6 nitrogen and oxygen atoms in total. The van der Waals surface area contributed by atoms with Gasteiger partial charge < -0.3 is 15.8 Å². The van der Waals surface area contributed by atoms with Gasteiger partial charge in [0.2, 0.25) is 5.91 Å². The van der Waals surface area contributed by atoms with Crippen molar-refractivity contribution in [3.05, 3.63) is 36.0 Å². The Bertz CT molecular complexity index is 580. The van der Waals surface area contributed by atoms with Gasteiger partial charge in [0.15, 0.2) is 5.82 Å². The molecule has 20 heavy (non-hydrogen) atoms. The fourth-order valence-electron chi connectivity index (χ4n) is 1.68. The number of rotatable bonds is 6. The first kappa shape index (κ1) is 13.9. The van der Waals surface area contributed by atoms with Crippen LogP contribution in [-0.4, -0.2) is 22.7 Å². The zero-order chi connectivity index (χ0) is 14.4. The number of para-hydroxylation sites is 2. The molecule has 1 aromatic heterocycles. The first-order valence-corrected chi connectivity index (χ1v) is 6.50. The van der Waals surface area contributed by atoms with E-state index in [1.54, 1.807) is 12.1 Å². The Hall–Kier alpha value is -2.50. The van der Waals surface area contributed by atoms with Crippen LogP contribution in [0, 0.1) is 0 Å². The zero-order valence-corrected chi connectivity index (χ0v) is 11.3. The molecule has 2 rings (SSSR count). The number of ether oxygens (including phenoxy) is 1. The standard InChI is InChI=1S/C14H18N4O2/c1-2-10-9-13(18-17-10)16-14(19)7-8-20-12-6-4-3-5-11(12)15/h3-6,9H,2,7-8,15H2,1H3,(H2,16,17,18,19).